The summed E-state index contributed by atoms with van der Waals surface area (Å²) in [4.78, 5) is 17.6. The fourth-order valence-electron chi connectivity index (χ4n) is 3.30. The minimum atomic E-state index is -0.424. The number of hydrogen-bond donors (Lipinski definition) is 2. The molecule has 0 spiro atoms. The summed E-state index contributed by atoms with van der Waals surface area (Å²) < 4.78 is 11.2. The van der Waals surface area contributed by atoms with Crippen LogP contribution in [0, 0.1) is 6.92 Å². The molecule has 4 aromatic rings. The van der Waals surface area contributed by atoms with E-state index in [2.05, 4.69) is 53.7 Å². The second kappa shape index (κ2) is 8.34. The van der Waals surface area contributed by atoms with Gasteiger partial charge in [-0.05, 0) is 54.3 Å². The smallest absolute Gasteiger partial charge is 0.279 e. The number of oxazole rings is 1. The molecule has 0 radical (unpaired) electrons. The van der Waals surface area contributed by atoms with E-state index in [-0.39, 0.29) is 11.1 Å². The van der Waals surface area contributed by atoms with E-state index in [0.717, 1.165) is 16.8 Å². The molecule has 32 heavy (non-hydrogen) atoms. The molecule has 2 heterocycles. The predicted octanol–water partition coefficient (Wildman–Crippen LogP) is 5.90. The third-order valence-electron chi connectivity index (χ3n) is 5.15. The van der Waals surface area contributed by atoms with Crippen LogP contribution in [0.15, 0.2) is 63.5 Å². The van der Waals surface area contributed by atoms with E-state index in [1.807, 2.05) is 43.4 Å². The normalized spacial score (nSPS) is 11.4. The number of amides is 1. The molecule has 0 fully saturated rings. The van der Waals surface area contributed by atoms with Crippen LogP contribution in [0.1, 0.15) is 42.6 Å². The number of benzene rings is 2. The molecule has 0 saturated carbocycles. The third-order valence-corrected chi connectivity index (χ3v) is 5.15. The summed E-state index contributed by atoms with van der Waals surface area (Å²) in [6.45, 7) is 8.24. The van der Waals surface area contributed by atoms with E-state index in [0.29, 0.717) is 23.2 Å². The largest absolute Gasteiger partial charge is 0.435 e. The third kappa shape index (κ3) is 4.42. The Labute approximate surface area is 186 Å². The van der Waals surface area contributed by atoms with Crippen molar-refractivity contribution in [2.75, 3.05) is 17.7 Å². The van der Waals surface area contributed by atoms with Crippen molar-refractivity contribution in [1.29, 1.82) is 0 Å². The van der Waals surface area contributed by atoms with Gasteiger partial charge in [0.05, 0.1) is 0 Å². The molecule has 0 saturated heterocycles. The summed E-state index contributed by atoms with van der Waals surface area (Å²) in [5.74, 6) is 1.26. The van der Waals surface area contributed by atoms with E-state index in [1.165, 1.54) is 5.56 Å². The first-order valence-electron chi connectivity index (χ1n) is 10.4. The SMILES string of the molecule is CNc1ccc(-c2oc(-c3ccc(C(C)(C)C)cc3)nc2C(=O)Nc2cc(C)on2)cc1. The second-order valence-electron chi connectivity index (χ2n) is 8.63. The Kier molecular flexibility index (Phi) is 5.57. The number of rotatable bonds is 5. The minimum absolute atomic E-state index is 0.0378. The molecule has 164 valence electrons. The number of aryl methyl sites for hydroxylation is 1. The lowest BCUT2D eigenvalue weighted by atomic mass is 9.87. The fourth-order valence-corrected chi connectivity index (χ4v) is 3.30. The van der Waals surface area contributed by atoms with Crippen LogP contribution in [0.3, 0.4) is 0 Å². The standard InChI is InChI=1S/C25H26N4O3/c1-15-14-20(29-32-15)27-23(30)21-22(16-8-12-19(26-5)13-9-16)31-24(28-21)17-6-10-18(11-7-17)25(2,3)4/h6-14,26H,1-5H3,(H,27,29,30). The van der Waals surface area contributed by atoms with Crippen LogP contribution in [0.2, 0.25) is 0 Å². The van der Waals surface area contributed by atoms with E-state index in [9.17, 15) is 4.79 Å². The van der Waals surface area contributed by atoms with Gasteiger partial charge < -0.3 is 19.6 Å². The Morgan fingerprint density at radius 2 is 1.62 bits per heavy atom. The maximum absolute atomic E-state index is 13.0. The molecule has 2 aromatic carbocycles. The molecule has 2 aromatic heterocycles. The molecule has 1 amide bonds. The van der Waals surface area contributed by atoms with Crippen molar-refractivity contribution in [3.8, 4) is 22.8 Å². The molecule has 7 heteroatoms. The first-order chi connectivity index (χ1) is 15.2. The Bertz CT molecular complexity index is 1230. The monoisotopic (exact) mass is 430 g/mol. The molecule has 0 aliphatic carbocycles. The van der Waals surface area contributed by atoms with Gasteiger partial charge in [-0.25, -0.2) is 4.98 Å². The Hall–Kier alpha value is -3.87. The average molecular weight is 431 g/mol. The molecule has 7 nitrogen and oxygen atoms in total. The van der Waals surface area contributed by atoms with E-state index in [1.54, 1.807) is 13.0 Å². The molecule has 0 unspecified atom stereocenters. The molecule has 2 N–H and O–H groups in total. The number of aromatic nitrogens is 2. The zero-order valence-corrected chi connectivity index (χ0v) is 18.8. The van der Waals surface area contributed by atoms with Gasteiger partial charge in [0, 0.05) is 29.9 Å². The molecule has 0 bridgehead atoms. The number of nitrogens with one attached hydrogen (secondary N) is 2. The first kappa shape index (κ1) is 21.4. The van der Waals surface area contributed by atoms with Gasteiger partial charge in [0.15, 0.2) is 17.3 Å². The van der Waals surface area contributed by atoms with E-state index >= 15 is 0 Å². The van der Waals surface area contributed by atoms with Gasteiger partial charge in [-0.2, -0.15) is 0 Å². The highest BCUT2D eigenvalue weighted by molar-refractivity contribution is 6.06. The summed E-state index contributed by atoms with van der Waals surface area (Å²) in [7, 11) is 1.85. The number of anilines is 2. The predicted molar refractivity (Wildman–Crippen MR) is 125 cm³/mol. The highest BCUT2D eigenvalue weighted by atomic mass is 16.5. The van der Waals surface area contributed by atoms with Crippen LogP contribution >= 0.6 is 0 Å². The van der Waals surface area contributed by atoms with Gasteiger partial charge in [-0.15, -0.1) is 0 Å². The van der Waals surface area contributed by atoms with Gasteiger partial charge in [-0.3, -0.25) is 4.79 Å². The Morgan fingerprint density at radius 1 is 0.969 bits per heavy atom. The second-order valence-corrected chi connectivity index (χ2v) is 8.63. The van der Waals surface area contributed by atoms with Crippen molar-refractivity contribution in [3.63, 3.8) is 0 Å². The fraction of sp³-hybridized carbons (Fsp3) is 0.240. The van der Waals surface area contributed by atoms with Gasteiger partial charge in [0.1, 0.15) is 5.76 Å². The summed E-state index contributed by atoms with van der Waals surface area (Å²) in [5, 5.41) is 9.64. The van der Waals surface area contributed by atoms with E-state index < -0.39 is 5.91 Å². The number of hydrogen-bond acceptors (Lipinski definition) is 6. The number of carbonyl (C=O) groups excluding carboxylic acids is 1. The number of carbonyl (C=O) groups is 1. The van der Waals surface area contributed by atoms with Crippen LogP contribution in [-0.2, 0) is 5.41 Å². The summed E-state index contributed by atoms with van der Waals surface area (Å²) in [6.07, 6.45) is 0. The lowest BCUT2D eigenvalue weighted by molar-refractivity contribution is 0.102. The van der Waals surface area contributed by atoms with Crippen LogP contribution in [0.5, 0.6) is 0 Å². The highest BCUT2D eigenvalue weighted by Crippen LogP contribution is 2.32. The van der Waals surface area contributed by atoms with Gasteiger partial charge in [0.2, 0.25) is 5.89 Å². The minimum Gasteiger partial charge on any atom is -0.435 e. The van der Waals surface area contributed by atoms with Gasteiger partial charge >= 0.3 is 0 Å². The lowest BCUT2D eigenvalue weighted by Gasteiger charge is -2.18. The van der Waals surface area contributed by atoms with Crippen molar-refractivity contribution in [1.82, 2.24) is 10.1 Å². The Balaban J connectivity index is 1.74. The molecular weight excluding hydrogens is 404 g/mol. The van der Waals surface area contributed by atoms with Crippen molar-refractivity contribution in [3.05, 3.63) is 71.6 Å². The quantitative estimate of drug-likeness (QED) is 0.410. The Morgan fingerprint density at radius 3 is 2.19 bits per heavy atom. The molecular formula is C25H26N4O3. The maximum Gasteiger partial charge on any atom is 0.279 e. The summed E-state index contributed by atoms with van der Waals surface area (Å²) in [5.41, 5.74) is 3.91. The zero-order chi connectivity index (χ0) is 22.9. The average Bonchev–Trinajstić information content (AvgIpc) is 3.40. The molecule has 0 atom stereocenters. The van der Waals surface area contributed by atoms with Crippen LogP contribution in [0.25, 0.3) is 22.8 Å². The van der Waals surface area contributed by atoms with Gasteiger partial charge in [-0.1, -0.05) is 38.1 Å². The van der Waals surface area contributed by atoms with Crippen molar-refractivity contribution in [2.45, 2.75) is 33.1 Å². The van der Waals surface area contributed by atoms with Crippen molar-refractivity contribution >= 4 is 17.4 Å². The summed E-state index contributed by atoms with van der Waals surface area (Å²) in [6, 6.07) is 17.3. The lowest BCUT2D eigenvalue weighted by Crippen LogP contribution is -2.13. The van der Waals surface area contributed by atoms with Crippen LogP contribution < -0.4 is 10.6 Å². The van der Waals surface area contributed by atoms with E-state index in [4.69, 9.17) is 8.94 Å². The molecule has 0 aliphatic rings. The first-order valence-corrected chi connectivity index (χ1v) is 10.4. The molecule has 0 aliphatic heterocycles. The number of nitrogens with zero attached hydrogens (tertiary/aromatic N) is 2. The highest BCUT2D eigenvalue weighted by Gasteiger charge is 2.24. The van der Waals surface area contributed by atoms with Gasteiger partial charge in [0.25, 0.3) is 5.91 Å². The zero-order valence-electron chi connectivity index (χ0n) is 18.8. The van der Waals surface area contributed by atoms with Crippen molar-refractivity contribution < 1.29 is 13.7 Å². The van der Waals surface area contributed by atoms with Crippen LogP contribution in [0.4, 0.5) is 11.5 Å². The maximum atomic E-state index is 13.0. The topological polar surface area (TPSA) is 93.2 Å². The summed E-state index contributed by atoms with van der Waals surface area (Å²) >= 11 is 0. The van der Waals surface area contributed by atoms with Crippen LogP contribution in [-0.4, -0.2) is 23.1 Å². The molecule has 4 rings (SSSR count). The van der Waals surface area contributed by atoms with Crippen molar-refractivity contribution in [2.24, 2.45) is 0 Å².